The van der Waals surface area contributed by atoms with E-state index in [1.54, 1.807) is 54.9 Å². The van der Waals surface area contributed by atoms with Crippen LogP contribution in [0.1, 0.15) is 10.4 Å². The SMILES string of the molecule is O=C(Nc1cc(F)c(F)cc1F)c1cc(-c2cccnc2)nc2ccccc12. The molecule has 0 unspecified atom stereocenters. The molecule has 0 aliphatic heterocycles. The molecular formula is C21H12F3N3O. The van der Waals surface area contributed by atoms with Gasteiger partial charge in [0.25, 0.3) is 5.91 Å². The molecule has 7 heteroatoms. The summed E-state index contributed by atoms with van der Waals surface area (Å²) in [5, 5.41) is 2.84. The van der Waals surface area contributed by atoms with Crippen LogP contribution in [0.15, 0.2) is 67.0 Å². The number of carbonyl (C=O) groups excluding carboxylic acids is 1. The van der Waals surface area contributed by atoms with Crippen molar-refractivity contribution in [3.8, 4) is 11.3 Å². The molecule has 4 aromatic rings. The van der Waals surface area contributed by atoms with Gasteiger partial charge in [-0.25, -0.2) is 18.2 Å². The van der Waals surface area contributed by atoms with E-state index in [-0.39, 0.29) is 5.56 Å². The molecule has 1 N–H and O–H groups in total. The second kappa shape index (κ2) is 7.11. The van der Waals surface area contributed by atoms with Crippen molar-refractivity contribution < 1.29 is 18.0 Å². The number of hydrogen-bond acceptors (Lipinski definition) is 3. The third kappa shape index (κ3) is 3.29. The number of amides is 1. The lowest BCUT2D eigenvalue weighted by molar-refractivity contribution is 0.102. The zero-order valence-electron chi connectivity index (χ0n) is 14.3. The summed E-state index contributed by atoms with van der Waals surface area (Å²) in [6, 6.07) is 13.0. The molecule has 4 nitrogen and oxygen atoms in total. The molecule has 0 aliphatic rings. The Bertz CT molecular complexity index is 1200. The predicted octanol–water partition coefficient (Wildman–Crippen LogP) is 4.97. The number of halogens is 3. The van der Waals surface area contributed by atoms with Gasteiger partial charge in [-0.3, -0.25) is 9.78 Å². The maximum atomic E-state index is 13.9. The van der Waals surface area contributed by atoms with Crippen LogP contribution in [0, 0.1) is 17.5 Å². The predicted molar refractivity (Wildman–Crippen MR) is 99.2 cm³/mol. The number of pyridine rings is 2. The van der Waals surface area contributed by atoms with Gasteiger partial charge in [0.2, 0.25) is 0 Å². The van der Waals surface area contributed by atoms with Gasteiger partial charge < -0.3 is 5.32 Å². The van der Waals surface area contributed by atoms with Gasteiger partial charge in [0.05, 0.1) is 22.5 Å². The van der Waals surface area contributed by atoms with Crippen molar-refractivity contribution in [2.75, 3.05) is 5.32 Å². The van der Waals surface area contributed by atoms with E-state index < -0.39 is 29.0 Å². The average molecular weight is 379 g/mol. The number of aromatic nitrogens is 2. The molecule has 0 atom stereocenters. The van der Waals surface area contributed by atoms with E-state index >= 15 is 0 Å². The first kappa shape index (κ1) is 17.7. The Kier molecular flexibility index (Phi) is 4.49. The summed E-state index contributed by atoms with van der Waals surface area (Å²) < 4.78 is 40.5. The smallest absolute Gasteiger partial charge is 0.256 e. The van der Waals surface area contributed by atoms with Gasteiger partial charge in [-0.1, -0.05) is 18.2 Å². The molecule has 0 bridgehead atoms. The highest BCUT2D eigenvalue weighted by molar-refractivity contribution is 6.13. The summed E-state index contributed by atoms with van der Waals surface area (Å²) >= 11 is 0. The zero-order chi connectivity index (χ0) is 19.7. The molecule has 0 saturated heterocycles. The minimum absolute atomic E-state index is 0.216. The Labute approximate surface area is 157 Å². The standard InChI is InChI=1S/C21H12F3N3O/c22-15-9-17(24)20(10-16(15)23)27-21(28)14-8-19(12-4-3-7-25-11-12)26-18-6-2-1-5-13(14)18/h1-11H,(H,27,28). The Morgan fingerprint density at radius 2 is 1.68 bits per heavy atom. The minimum atomic E-state index is -1.33. The van der Waals surface area contributed by atoms with Crippen LogP contribution in [-0.2, 0) is 0 Å². The lowest BCUT2D eigenvalue weighted by Gasteiger charge is -2.11. The van der Waals surface area contributed by atoms with Crippen molar-refractivity contribution in [2.24, 2.45) is 0 Å². The van der Waals surface area contributed by atoms with Gasteiger partial charge in [-0.05, 0) is 24.3 Å². The minimum Gasteiger partial charge on any atom is -0.319 e. The van der Waals surface area contributed by atoms with Gasteiger partial charge in [0.15, 0.2) is 11.6 Å². The fourth-order valence-corrected chi connectivity index (χ4v) is 2.83. The highest BCUT2D eigenvalue weighted by atomic mass is 19.2. The Morgan fingerprint density at radius 3 is 2.46 bits per heavy atom. The first-order chi connectivity index (χ1) is 13.5. The molecule has 28 heavy (non-hydrogen) atoms. The largest absolute Gasteiger partial charge is 0.319 e. The summed E-state index contributed by atoms with van der Waals surface area (Å²) in [5.74, 6) is -4.33. The van der Waals surface area contributed by atoms with Crippen molar-refractivity contribution >= 4 is 22.5 Å². The maximum absolute atomic E-state index is 13.9. The number of nitrogens with zero attached hydrogens (tertiary/aromatic N) is 2. The van der Waals surface area contributed by atoms with Crippen LogP contribution in [-0.4, -0.2) is 15.9 Å². The van der Waals surface area contributed by atoms with E-state index in [0.29, 0.717) is 34.3 Å². The number of rotatable bonds is 3. The van der Waals surface area contributed by atoms with E-state index in [1.165, 1.54) is 0 Å². The van der Waals surface area contributed by atoms with Gasteiger partial charge in [0.1, 0.15) is 5.82 Å². The molecule has 4 rings (SSSR count). The van der Waals surface area contributed by atoms with Crippen LogP contribution < -0.4 is 5.32 Å². The maximum Gasteiger partial charge on any atom is 0.256 e. The highest BCUT2D eigenvalue weighted by Crippen LogP contribution is 2.26. The molecule has 2 aromatic heterocycles. The van der Waals surface area contributed by atoms with Crippen molar-refractivity contribution in [3.05, 3.63) is 90.0 Å². The zero-order valence-corrected chi connectivity index (χ0v) is 14.3. The molecule has 0 saturated carbocycles. The lowest BCUT2D eigenvalue weighted by atomic mass is 10.0. The fourth-order valence-electron chi connectivity index (χ4n) is 2.83. The van der Waals surface area contributed by atoms with E-state index in [2.05, 4.69) is 15.3 Å². The first-order valence-corrected chi connectivity index (χ1v) is 8.29. The van der Waals surface area contributed by atoms with Crippen molar-refractivity contribution in [2.45, 2.75) is 0 Å². The van der Waals surface area contributed by atoms with Crippen LogP contribution in [0.5, 0.6) is 0 Å². The number of para-hydroxylation sites is 1. The summed E-state index contributed by atoms with van der Waals surface area (Å²) in [6.07, 6.45) is 3.22. The van der Waals surface area contributed by atoms with Gasteiger partial charge in [-0.2, -0.15) is 0 Å². The summed E-state index contributed by atoms with van der Waals surface area (Å²) in [6.45, 7) is 0. The third-order valence-electron chi connectivity index (χ3n) is 4.18. The molecule has 2 heterocycles. The number of hydrogen-bond donors (Lipinski definition) is 1. The molecule has 0 radical (unpaired) electrons. The number of carbonyl (C=O) groups is 1. The Balaban J connectivity index is 1.81. The normalized spacial score (nSPS) is 10.8. The van der Waals surface area contributed by atoms with Crippen molar-refractivity contribution in [1.29, 1.82) is 0 Å². The monoisotopic (exact) mass is 379 g/mol. The summed E-state index contributed by atoms with van der Waals surface area (Å²) in [5.41, 5.74) is 1.52. The molecule has 0 aliphatic carbocycles. The van der Waals surface area contributed by atoms with Crippen molar-refractivity contribution in [3.63, 3.8) is 0 Å². The van der Waals surface area contributed by atoms with Crippen LogP contribution in [0.3, 0.4) is 0 Å². The lowest BCUT2D eigenvalue weighted by Crippen LogP contribution is -2.14. The topological polar surface area (TPSA) is 54.9 Å². The molecule has 1 amide bonds. The fraction of sp³-hybridized carbons (Fsp3) is 0. The van der Waals surface area contributed by atoms with Gasteiger partial charge in [0, 0.05) is 35.5 Å². The molecule has 138 valence electrons. The molecule has 0 fully saturated rings. The average Bonchev–Trinajstić information content (AvgIpc) is 2.71. The molecular weight excluding hydrogens is 367 g/mol. The molecule has 0 spiro atoms. The van der Waals surface area contributed by atoms with E-state index in [0.717, 1.165) is 0 Å². The second-order valence-electron chi connectivity index (χ2n) is 6.01. The van der Waals surface area contributed by atoms with Crippen LogP contribution in [0.25, 0.3) is 22.2 Å². The number of fused-ring (bicyclic) bond motifs is 1. The van der Waals surface area contributed by atoms with Crippen molar-refractivity contribution in [1.82, 2.24) is 9.97 Å². The van der Waals surface area contributed by atoms with Gasteiger partial charge >= 0.3 is 0 Å². The summed E-state index contributed by atoms with van der Waals surface area (Å²) in [7, 11) is 0. The summed E-state index contributed by atoms with van der Waals surface area (Å²) in [4.78, 5) is 21.4. The number of benzene rings is 2. The first-order valence-electron chi connectivity index (χ1n) is 8.29. The van der Waals surface area contributed by atoms with E-state index in [4.69, 9.17) is 0 Å². The third-order valence-corrected chi connectivity index (χ3v) is 4.18. The van der Waals surface area contributed by atoms with E-state index in [9.17, 15) is 18.0 Å². The van der Waals surface area contributed by atoms with Crippen LogP contribution in [0.4, 0.5) is 18.9 Å². The number of nitrogens with one attached hydrogen (secondary N) is 1. The highest BCUT2D eigenvalue weighted by Gasteiger charge is 2.17. The Hall–Kier alpha value is -3.74. The quantitative estimate of drug-likeness (QED) is 0.512. The molecule has 2 aromatic carbocycles. The number of anilines is 1. The second-order valence-corrected chi connectivity index (χ2v) is 6.01. The van der Waals surface area contributed by atoms with Crippen LogP contribution >= 0.6 is 0 Å². The Morgan fingerprint density at radius 1 is 0.893 bits per heavy atom. The van der Waals surface area contributed by atoms with E-state index in [1.807, 2.05) is 0 Å². The van der Waals surface area contributed by atoms with Crippen LogP contribution in [0.2, 0.25) is 0 Å². The van der Waals surface area contributed by atoms with Gasteiger partial charge in [-0.15, -0.1) is 0 Å².